The molecule has 0 fully saturated rings. The SMILES string of the molecule is Cc1ccc(OCc2ccc(C=O)o2)cc1C. The molecule has 0 radical (unpaired) electrons. The Morgan fingerprint density at radius 2 is 2.00 bits per heavy atom. The lowest BCUT2D eigenvalue weighted by Crippen LogP contribution is -1.94. The van der Waals surface area contributed by atoms with Gasteiger partial charge in [-0.05, 0) is 49.2 Å². The summed E-state index contributed by atoms with van der Waals surface area (Å²) in [6.07, 6.45) is 0.680. The van der Waals surface area contributed by atoms with Crippen molar-refractivity contribution < 1.29 is 13.9 Å². The van der Waals surface area contributed by atoms with E-state index >= 15 is 0 Å². The molecule has 1 heterocycles. The number of benzene rings is 1. The minimum Gasteiger partial charge on any atom is -0.486 e. The van der Waals surface area contributed by atoms with E-state index in [4.69, 9.17) is 9.15 Å². The molecule has 1 aromatic carbocycles. The summed E-state index contributed by atoms with van der Waals surface area (Å²) in [4.78, 5) is 10.4. The summed E-state index contributed by atoms with van der Waals surface area (Å²) >= 11 is 0. The predicted molar refractivity (Wildman–Crippen MR) is 64.3 cm³/mol. The summed E-state index contributed by atoms with van der Waals surface area (Å²) in [7, 11) is 0. The molecule has 0 unspecified atom stereocenters. The van der Waals surface area contributed by atoms with E-state index in [1.54, 1.807) is 12.1 Å². The van der Waals surface area contributed by atoms with Gasteiger partial charge in [-0.3, -0.25) is 4.79 Å². The maximum absolute atomic E-state index is 10.4. The highest BCUT2D eigenvalue weighted by molar-refractivity contribution is 5.70. The Bertz CT molecular complexity index is 526. The summed E-state index contributed by atoms with van der Waals surface area (Å²) in [5.74, 6) is 1.77. The van der Waals surface area contributed by atoms with E-state index in [9.17, 15) is 4.79 Å². The first-order valence-corrected chi connectivity index (χ1v) is 5.43. The van der Waals surface area contributed by atoms with Crippen molar-refractivity contribution in [3.05, 3.63) is 53.0 Å². The zero-order chi connectivity index (χ0) is 12.3. The lowest BCUT2D eigenvalue weighted by Gasteiger charge is -2.06. The molecule has 88 valence electrons. The Kier molecular flexibility index (Phi) is 3.28. The average Bonchev–Trinajstić information content (AvgIpc) is 2.79. The van der Waals surface area contributed by atoms with Gasteiger partial charge in [0.2, 0.25) is 0 Å². The number of aldehydes is 1. The lowest BCUT2D eigenvalue weighted by atomic mass is 10.1. The van der Waals surface area contributed by atoms with E-state index in [1.165, 1.54) is 11.1 Å². The van der Waals surface area contributed by atoms with Crippen molar-refractivity contribution in [3.63, 3.8) is 0 Å². The molecular formula is C14H14O3. The fourth-order valence-electron chi connectivity index (χ4n) is 1.49. The quantitative estimate of drug-likeness (QED) is 0.756. The number of carbonyl (C=O) groups excluding carboxylic acids is 1. The van der Waals surface area contributed by atoms with Crippen LogP contribution in [0.2, 0.25) is 0 Å². The lowest BCUT2D eigenvalue weighted by molar-refractivity contribution is 0.109. The van der Waals surface area contributed by atoms with Crippen LogP contribution in [0.15, 0.2) is 34.7 Å². The van der Waals surface area contributed by atoms with E-state index in [1.807, 2.05) is 25.1 Å². The minimum absolute atomic E-state index is 0.323. The maximum Gasteiger partial charge on any atom is 0.185 e. The average molecular weight is 230 g/mol. The summed E-state index contributed by atoms with van der Waals surface area (Å²) in [5, 5.41) is 0. The molecule has 1 aromatic heterocycles. The Hall–Kier alpha value is -2.03. The highest BCUT2D eigenvalue weighted by Crippen LogP contribution is 2.18. The van der Waals surface area contributed by atoms with Crippen LogP contribution in [0.25, 0.3) is 0 Å². The van der Waals surface area contributed by atoms with Crippen LogP contribution < -0.4 is 4.74 Å². The zero-order valence-electron chi connectivity index (χ0n) is 9.90. The van der Waals surface area contributed by atoms with Gasteiger partial charge >= 0.3 is 0 Å². The monoisotopic (exact) mass is 230 g/mol. The van der Waals surface area contributed by atoms with Crippen molar-refractivity contribution in [2.24, 2.45) is 0 Å². The molecule has 3 nitrogen and oxygen atoms in total. The molecule has 0 saturated carbocycles. The summed E-state index contributed by atoms with van der Waals surface area (Å²) < 4.78 is 10.8. The van der Waals surface area contributed by atoms with Gasteiger partial charge in [0.25, 0.3) is 0 Å². The molecule has 17 heavy (non-hydrogen) atoms. The van der Waals surface area contributed by atoms with E-state index in [2.05, 4.69) is 6.92 Å². The molecule has 0 spiro atoms. The second-order valence-corrected chi connectivity index (χ2v) is 3.96. The van der Waals surface area contributed by atoms with Crippen LogP contribution in [0.5, 0.6) is 5.75 Å². The van der Waals surface area contributed by atoms with Gasteiger partial charge in [-0.2, -0.15) is 0 Å². The van der Waals surface area contributed by atoms with Crippen molar-refractivity contribution in [3.8, 4) is 5.75 Å². The number of aryl methyl sites for hydroxylation is 2. The van der Waals surface area contributed by atoms with Crippen LogP contribution in [0.4, 0.5) is 0 Å². The molecule has 0 aliphatic carbocycles. The molecule has 2 rings (SSSR count). The fourth-order valence-corrected chi connectivity index (χ4v) is 1.49. The van der Waals surface area contributed by atoms with Crippen LogP contribution in [-0.2, 0) is 6.61 Å². The molecule has 0 atom stereocenters. The van der Waals surface area contributed by atoms with Crippen LogP contribution in [-0.4, -0.2) is 6.29 Å². The van der Waals surface area contributed by atoms with E-state index in [0.29, 0.717) is 24.4 Å². The predicted octanol–water partition coefficient (Wildman–Crippen LogP) is 3.29. The Labute approximate surface area is 100 Å². The smallest absolute Gasteiger partial charge is 0.185 e. The molecule has 0 bridgehead atoms. The number of hydrogen-bond acceptors (Lipinski definition) is 3. The largest absolute Gasteiger partial charge is 0.486 e. The second-order valence-electron chi connectivity index (χ2n) is 3.96. The number of furan rings is 1. The van der Waals surface area contributed by atoms with Crippen molar-refractivity contribution in [1.82, 2.24) is 0 Å². The molecule has 0 aliphatic heterocycles. The highest BCUT2D eigenvalue weighted by atomic mass is 16.5. The molecular weight excluding hydrogens is 216 g/mol. The molecule has 0 aliphatic rings. The van der Waals surface area contributed by atoms with Crippen LogP contribution in [0.1, 0.15) is 27.4 Å². The van der Waals surface area contributed by atoms with Crippen molar-refractivity contribution >= 4 is 6.29 Å². The van der Waals surface area contributed by atoms with Gasteiger partial charge in [0, 0.05) is 0 Å². The molecule has 3 heteroatoms. The maximum atomic E-state index is 10.4. The number of rotatable bonds is 4. The third-order valence-corrected chi connectivity index (χ3v) is 2.66. The van der Waals surface area contributed by atoms with Gasteiger partial charge in [-0.1, -0.05) is 6.07 Å². The molecule has 2 aromatic rings. The van der Waals surface area contributed by atoms with Gasteiger partial charge in [0.15, 0.2) is 12.0 Å². The molecule has 0 N–H and O–H groups in total. The second kappa shape index (κ2) is 4.87. The Morgan fingerprint density at radius 1 is 1.18 bits per heavy atom. The van der Waals surface area contributed by atoms with Gasteiger partial charge in [-0.25, -0.2) is 0 Å². The standard InChI is InChI=1S/C14H14O3/c1-10-3-4-12(7-11(10)2)16-9-14-6-5-13(8-15)17-14/h3-8H,9H2,1-2H3. The van der Waals surface area contributed by atoms with E-state index in [0.717, 1.165) is 5.75 Å². The molecule has 0 saturated heterocycles. The van der Waals surface area contributed by atoms with Crippen molar-refractivity contribution in [2.75, 3.05) is 0 Å². The summed E-state index contributed by atoms with van der Waals surface area (Å²) in [6.45, 7) is 4.43. The van der Waals surface area contributed by atoms with Crippen LogP contribution >= 0.6 is 0 Å². The van der Waals surface area contributed by atoms with Crippen molar-refractivity contribution in [2.45, 2.75) is 20.5 Å². The Balaban J connectivity index is 2.01. The number of ether oxygens (including phenoxy) is 1. The first-order valence-electron chi connectivity index (χ1n) is 5.43. The first-order chi connectivity index (χ1) is 8.19. The normalized spacial score (nSPS) is 10.2. The van der Waals surface area contributed by atoms with Gasteiger partial charge in [0.1, 0.15) is 18.1 Å². The van der Waals surface area contributed by atoms with Crippen molar-refractivity contribution in [1.29, 1.82) is 0 Å². The van der Waals surface area contributed by atoms with E-state index in [-0.39, 0.29) is 0 Å². The third-order valence-electron chi connectivity index (χ3n) is 2.66. The number of carbonyl (C=O) groups is 1. The first kappa shape index (κ1) is 11.5. The number of hydrogen-bond donors (Lipinski definition) is 0. The third kappa shape index (κ3) is 2.75. The van der Waals surface area contributed by atoms with Gasteiger partial charge < -0.3 is 9.15 Å². The zero-order valence-corrected chi connectivity index (χ0v) is 9.90. The summed E-state index contributed by atoms with van der Waals surface area (Å²) in [5.41, 5.74) is 2.43. The van der Waals surface area contributed by atoms with E-state index < -0.39 is 0 Å². The topological polar surface area (TPSA) is 39.4 Å². The van der Waals surface area contributed by atoms with Gasteiger partial charge in [0.05, 0.1) is 0 Å². The Morgan fingerprint density at radius 3 is 2.65 bits per heavy atom. The molecule has 0 amide bonds. The van der Waals surface area contributed by atoms with Crippen LogP contribution in [0.3, 0.4) is 0 Å². The highest BCUT2D eigenvalue weighted by Gasteiger charge is 2.02. The fraction of sp³-hybridized carbons (Fsp3) is 0.214. The van der Waals surface area contributed by atoms with Gasteiger partial charge in [-0.15, -0.1) is 0 Å². The summed E-state index contributed by atoms with van der Waals surface area (Å²) in [6, 6.07) is 9.30. The minimum atomic E-state index is 0.323. The van der Waals surface area contributed by atoms with Crippen LogP contribution in [0, 0.1) is 13.8 Å².